The standard InChI is InChI=1S/C14H19ClO5S2/c1-8(6-16)5-9-7-19-14(20-9)4-3-10-11(14)13(21-12(10)15)22(2,17)18/h8-9,16H,3-7H2,1-2H3. The van der Waals surface area contributed by atoms with Crippen LogP contribution in [0.25, 0.3) is 0 Å². The van der Waals surface area contributed by atoms with Crippen LogP contribution >= 0.6 is 22.9 Å². The van der Waals surface area contributed by atoms with Crippen molar-refractivity contribution in [2.75, 3.05) is 19.5 Å². The first-order valence-corrected chi connectivity index (χ1v) is 10.3. The first kappa shape index (κ1) is 16.7. The fraction of sp³-hybridized carbons (Fsp3) is 0.714. The molecule has 1 saturated heterocycles. The summed E-state index contributed by atoms with van der Waals surface area (Å²) in [4.78, 5) is 0. The Morgan fingerprint density at radius 2 is 2.27 bits per heavy atom. The van der Waals surface area contributed by atoms with Gasteiger partial charge in [-0.3, -0.25) is 0 Å². The van der Waals surface area contributed by atoms with Gasteiger partial charge >= 0.3 is 0 Å². The number of hydrogen-bond donors (Lipinski definition) is 1. The molecule has 0 saturated carbocycles. The Morgan fingerprint density at radius 1 is 1.55 bits per heavy atom. The molecule has 124 valence electrons. The van der Waals surface area contributed by atoms with Gasteiger partial charge in [0.15, 0.2) is 15.6 Å². The molecule has 1 aliphatic heterocycles. The third-order valence-electron chi connectivity index (χ3n) is 4.18. The van der Waals surface area contributed by atoms with Gasteiger partial charge in [0.25, 0.3) is 0 Å². The molecule has 22 heavy (non-hydrogen) atoms. The van der Waals surface area contributed by atoms with E-state index in [9.17, 15) is 13.5 Å². The number of sulfone groups is 1. The van der Waals surface area contributed by atoms with Crippen molar-refractivity contribution in [2.24, 2.45) is 5.92 Å². The fourth-order valence-electron chi connectivity index (χ4n) is 3.17. The van der Waals surface area contributed by atoms with Gasteiger partial charge in [-0.05, 0) is 24.3 Å². The maximum Gasteiger partial charge on any atom is 0.198 e. The summed E-state index contributed by atoms with van der Waals surface area (Å²) in [7, 11) is -3.38. The predicted molar refractivity (Wildman–Crippen MR) is 84.1 cm³/mol. The molecule has 1 aromatic rings. The fourth-order valence-corrected chi connectivity index (χ4v) is 6.10. The molecule has 1 fully saturated rings. The number of halogens is 1. The Morgan fingerprint density at radius 3 is 2.91 bits per heavy atom. The SMILES string of the molecule is CC(CO)CC1COC2(CCc3c(Cl)sc(S(C)(=O)=O)c32)O1. The van der Waals surface area contributed by atoms with Crippen molar-refractivity contribution in [1.29, 1.82) is 0 Å². The zero-order valence-electron chi connectivity index (χ0n) is 12.5. The van der Waals surface area contributed by atoms with Gasteiger partial charge in [0.2, 0.25) is 0 Å². The van der Waals surface area contributed by atoms with E-state index in [-0.39, 0.29) is 22.8 Å². The highest BCUT2D eigenvalue weighted by Gasteiger charge is 2.52. The summed E-state index contributed by atoms with van der Waals surface area (Å²) in [6.07, 6.45) is 2.96. The average molecular weight is 367 g/mol. The van der Waals surface area contributed by atoms with Gasteiger partial charge in [-0.1, -0.05) is 18.5 Å². The summed E-state index contributed by atoms with van der Waals surface area (Å²) >= 11 is 7.29. The minimum Gasteiger partial charge on any atom is -0.396 e. The molecule has 1 N–H and O–H groups in total. The van der Waals surface area contributed by atoms with Gasteiger partial charge in [0.1, 0.15) is 4.21 Å². The van der Waals surface area contributed by atoms with Crippen LogP contribution < -0.4 is 0 Å². The van der Waals surface area contributed by atoms with E-state index in [0.717, 1.165) is 16.9 Å². The summed E-state index contributed by atoms with van der Waals surface area (Å²) in [6.45, 7) is 2.44. The summed E-state index contributed by atoms with van der Waals surface area (Å²) in [5, 5.41) is 9.17. The smallest absolute Gasteiger partial charge is 0.198 e. The molecule has 0 radical (unpaired) electrons. The molecule has 1 aromatic heterocycles. The maximum absolute atomic E-state index is 12.1. The Labute approximate surface area is 139 Å². The number of rotatable bonds is 4. The third-order valence-corrected chi connectivity index (χ3v) is 7.49. The van der Waals surface area contributed by atoms with Crippen molar-refractivity contribution < 1.29 is 23.0 Å². The summed E-state index contributed by atoms with van der Waals surface area (Å²) < 4.78 is 36.9. The highest BCUT2D eigenvalue weighted by atomic mass is 35.5. The topological polar surface area (TPSA) is 72.8 Å². The maximum atomic E-state index is 12.1. The first-order valence-electron chi connectivity index (χ1n) is 7.21. The normalized spacial score (nSPS) is 29.2. The van der Waals surface area contributed by atoms with Gasteiger partial charge in [-0.2, -0.15) is 0 Å². The van der Waals surface area contributed by atoms with Crippen LogP contribution in [0.4, 0.5) is 0 Å². The molecule has 0 amide bonds. The molecule has 5 nitrogen and oxygen atoms in total. The summed E-state index contributed by atoms with van der Waals surface area (Å²) in [5.74, 6) is -0.873. The quantitative estimate of drug-likeness (QED) is 0.885. The molecule has 3 atom stereocenters. The summed E-state index contributed by atoms with van der Waals surface area (Å²) in [6, 6.07) is 0. The van der Waals surface area contributed by atoms with Crippen LogP contribution in [-0.2, 0) is 31.5 Å². The monoisotopic (exact) mass is 366 g/mol. The van der Waals surface area contributed by atoms with Crippen molar-refractivity contribution in [3.8, 4) is 0 Å². The molecule has 1 aliphatic carbocycles. The number of thiophene rings is 1. The molecule has 0 bridgehead atoms. The summed E-state index contributed by atoms with van der Waals surface area (Å²) in [5.41, 5.74) is 1.44. The zero-order chi connectivity index (χ0) is 16.1. The van der Waals surface area contributed by atoms with Crippen LogP contribution in [0.15, 0.2) is 4.21 Å². The molecular weight excluding hydrogens is 348 g/mol. The molecule has 2 aliphatic rings. The lowest BCUT2D eigenvalue weighted by molar-refractivity contribution is -0.177. The Bertz CT molecular complexity index is 684. The molecule has 2 heterocycles. The largest absolute Gasteiger partial charge is 0.396 e. The van der Waals surface area contributed by atoms with E-state index in [4.69, 9.17) is 21.1 Å². The minimum atomic E-state index is -3.38. The lowest BCUT2D eigenvalue weighted by atomic mass is 10.1. The number of hydrogen-bond acceptors (Lipinski definition) is 6. The van der Waals surface area contributed by atoms with Crippen LogP contribution in [0.1, 0.15) is 30.9 Å². The second-order valence-corrected chi connectivity index (χ2v) is 9.95. The molecule has 0 aromatic carbocycles. The lowest BCUT2D eigenvalue weighted by Gasteiger charge is -2.24. The lowest BCUT2D eigenvalue weighted by Crippen LogP contribution is -2.27. The Kier molecular flexibility index (Phi) is 4.33. The number of aliphatic hydroxyl groups excluding tert-OH is 1. The van der Waals surface area contributed by atoms with Gasteiger partial charge in [-0.25, -0.2) is 8.42 Å². The second-order valence-electron chi connectivity index (χ2n) is 6.12. The van der Waals surface area contributed by atoms with Crippen LogP contribution in [0, 0.1) is 5.92 Å². The van der Waals surface area contributed by atoms with E-state index in [1.807, 2.05) is 6.92 Å². The van der Waals surface area contributed by atoms with Gasteiger partial charge in [0, 0.05) is 24.8 Å². The van der Waals surface area contributed by atoms with Gasteiger partial charge in [-0.15, -0.1) is 11.3 Å². The van der Waals surface area contributed by atoms with Crippen LogP contribution in [0.5, 0.6) is 0 Å². The second kappa shape index (κ2) is 5.72. The molecule has 3 rings (SSSR count). The van der Waals surface area contributed by atoms with E-state index < -0.39 is 15.6 Å². The Balaban J connectivity index is 1.95. The van der Waals surface area contributed by atoms with Crippen LogP contribution in [-0.4, -0.2) is 39.1 Å². The highest BCUT2D eigenvalue weighted by Crippen LogP contribution is 2.53. The van der Waals surface area contributed by atoms with Gasteiger partial charge < -0.3 is 14.6 Å². The molecule has 8 heteroatoms. The minimum absolute atomic E-state index is 0.0942. The van der Waals surface area contributed by atoms with E-state index in [2.05, 4.69) is 0 Å². The predicted octanol–water partition coefficient (Wildman–Crippen LogP) is 2.34. The van der Waals surface area contributed by atoms with Crippen LogP contribution in [0.2, 0.25) is 4.34 Å². The number of fused-ring (bicyclic) bond motifs is 2. The molecule has 3 unspecified atom stereocenters. The van der Waals surface area contributed by atoms with Crippen LogP contribution in [0.3, 0.4) is 0 Å². The highest BCUT2D eigenvalue weighted by molar-refractivity contribution is 7.92. The van der Waals surface area contributed by atoms with Crippen molar-refractivity contribution in [1.82, 2.24) is 0 Å². The van der Waals surface area contributed by atoms with E-state index in [1.165, 1.54) is 6.26 Å². The van der Waals surface area contributed by atoms with Crippen molar-refractivity contribution in [3.63, 3.8) is 0 Å². The zero-order valence-corrected chi connectivity index (χ0v) is 14.9. The van der Waals surface area contributed by atoms with Crippen molar-refractivity contribution in [2.45, 2.75) is 42.3 Å². The third kappa shape index (κ3) is 2.72. The van der Waals surface area contributed by atoms with E-state index in [1.54, 1.807) is 0 Å². The van der Waals surface area contributed by atoms with Crippen molar-refractivity contribution >= 4 is 32.8 Å². The van der Waals surface area contributed by atoms with Gasteiger partial charge in [0.05, 0.1) is 17.0 Å². The molecule has 1 spiro atoms. The number of aliphatic hydroxyl groups is 1. The van der Waals surface area contributed by atoms with E-state index in [0.29, 0.717) is 35.8 Å². The number of ether oxygens (including phenoxy) is 2. The van der Waals surface area contributed by atoms with Crippen molar-refractivity contribution in [3.05, 3.63) is 15.5 Å². The Hall–Kier alpha value is -0.180. The average Bonchev–Trinajstić information content (AvgIpc) is 3.08. The molecular formula is C14H19ClO5S2. The first-order chi connectivity index (χ1) is 10.3. The van der Waals surface area contributed by atoms with E-state index >= 15 is 0 Å².